The van der Waals surface area contributed by atoms with Crippen molar-refractivity contribution < 1.29 is 19.0 Å². The summed E-state index contributed by atoms with van der Waals surface area (Å²) in [6.07, 6.45) is 1.25. The highest BCUT2D eigenvalue weighted by molar-refractivity contribution is 5.71. The van der Waals surface area contributed by atoms with Gasteiger partial charge in [0.05, 0.1) is 25.4 Å². The monoisotopic (exact) mass is 250 g/mol. The molecule has 0 amide bonds. The van der Waals surface area contributed by atoms with E-state index in [1.807, 2.05) is 0 Å². The number of rotatable bonds is 4. The lowest BCUT2D eigenvalue weighted by molar-refractivity contribution is -0.136. The first kappa shape index (κ1) is 12.1. The summed E-state index contributed by atoms with van der Waals surface area (Å²) in [6.45, 7) is 0. The Morgan fingerprint density at radius 1 is 1.44 bits per heavy atom. The van der Waals surface area contributed by atoms with Crippen LogP contribution in [-0.2, 0) is 11.2 Å². The molecule has 6 heteroatoms. The maximum atomic E-state index is 12.8. The number of methoxy groups -OCH3 is 1. The van der Waals surface area contributed by atoms with Gasteiger partial charge in [-0.15, -0.1) is 0 Å². The van der Waals surface area contributed by atoms with E-state index in [0.29, 0.717) is 17.1 Å². The van der Waals surface area contributed by atoms with Crippen molar-refractivity contribution in [2.75, 3.05) is 7.11 Å². The molecule has 1 heterocycles. The van der Waals surface area contributed by atoms with Gasteiger partial charge in [0.2, 0.25) is 5.88 Å². The largest absolute Gasteiger partial charge is 0.481 e. The van der Waals surface area contributed by atoms with Crippen LogP contribution in [0, 0.1) is 5.82 Å². The summed E-state index contributed by atoms with van der Waals surface area (Å²) in [5.41, 5.74) is 1.07. The van der Waals surface area contributed by atoms with E-state index in [1.54, 1.807) is 0 Å². The molecule has 0 radical (unpaired) electrons. The van der Waals surface area contributed by atoms with Gasteiger partial charge in [0.25, 0.3) is 0 Å². The average molecular weight is 250 g/mol. The van der Waals surface area contributed by atoms with Crippen molar-refractivity contribution in [2.24, 2.45) is 0 Å². The Hall–Kier alpha value is -2.37. The third kappa shape index (κ3) is 2.32. The number of ether oxygens (including phenoxy) is 1. The summed E-state index contributed by atoms with van der Waals surface area (Å²) in [6, 6.07) is 5.67. The number of carboxylic acid groups (broad SMARTS) is 1. The first-order valence-corrected chi connectivity index (χ1v) is 5.20. The summed E-state index contributed by atoms with van der Waals surface area (Å²) in [7, 11) is 1.43. The zero-order valence-electron chi connectivity index (χ0n) is 9.63. The Morgan fingerprint density at radius 2 is 2.11 bits per heavy atom. The minimum atomic E-state index is -0.966. The highest BCUT2D eigenvalue weighted by Gasteiger charge is 2.15. The van der Waals surface area contributed by atoms with Crippen LogP contribution in [0.3, 0.4) is 0 Å². The van der Waals surface area contributed by atoms with Crippen LogP contribution in [0.2, 0.25) is 0 Å². The molecule has 2 rings (SSSR count). The van der Waals surface area contributed by atoms with Crippen LogP contribution >= 0.6 is 0 Å². The molecule has 94 valence electrons. The molecular formula is C12H11FN2O3. The van der Waals surface area contributed by atoms with Gasteiger partial charge in [-0.3, -0.25) is 4.79 Å². The van der Waals surface area contributed by atoms with Crippen LogP contribution in [0.25, 0.3) is 5.69 Å². The second-order valence-electron chi connectivity index (χ2n) is 3.64. The molecule has 0 saturated heterocycles. The zero-order valence-corrected chi connectivity index (χ0v) is 9.63. The molecule has 0 fully saturated rings. The van der Waals surface area contributed by atoms with E-state index < -0.39 is 5.97 Å². The van der Waals surface area contributed by atoms with Gasteiger partial charge < -0.3 is 9.84 Å². The normalized spacial score (nSPS) is 10.3. The average Bonchev–Trinajstić information content (AvgIpc) is 2.72. The Morgan fingerprint density at radius 3 is 2.67 bits per heavy atom. The standard InChI is InChI=1S/C12H11FN2O3/c1-18-12-8(6-11(16)17)7-14-15(12)10-4-2-9(13)3-5-10/h2-5,7H,6H2,1H3,(H,16,17). The van der Waals surface area contributed by atoms with Crippen molar-refractivity contribution in [3.63, 3.8) is 0 Å². The summed E-state index contributed by atoms with van der Waals surface area (Å²) in [4.78, 5) is 10.7. The number of carbonyl (C=O) groups is 1. The van der Waals surface area contributed by atoms with Crippen molar-refractivity contribution in [2.45, 2.75) is 6.42 Å². The molecule has 0 unspecified atom stereocenters. The zero-order chi connectivity index (χ0) is 13.1. The molecule has 0 spiro atoms. The predicted octanol–water partition coefficient (Wildman–Crippen LogP) is 1.65. The number of aliphatic carboxylic acids is 1. The van der Waals surface area contributed by atoms with E-state index >= 15 is 0 Å². The molecule has 0 saturated carbocycles. The second kappa shape index (κ2) is 4.87. The van der Waals surface area contributed by atoms with Crippen LogP contribution in [0.1, 0.15) is 5.56 Å². The van der Waals surface area contributed by atoms with Crippen molar-refractivity contribution in [3.8, 4) is 11.6 Å². The number of hydrogen-bond acceptors (Lipinski definition) is 3. The molecular weight excluding hydrogens is 239 g/mol. The fraction of sp³-hybridized carbons (Fsp3) is 0.167. The van der Waals surface area contributed by atoms with Crippen LogP contribution in [-0.4, -0.2) is 28.0 Å². The molecule has 0 aliphatic carbocycles. The van der Waals surface area contributed by atoms with Crippen molar-refractivity contribution in [1.82, 2.24) is 9.78 Å². The SMILES string of the molecule is COc1c(CC(=O)O)cnn1-c1ccc(F)cc1. The highest BCUT2D eigenvalue weighted by Crippen LogP contribution is 2.22. The Kier molecular flexibility index (Phi) is 3.27. The predicted molar refractivity (Wildman–Crippen MR) is 61.4 cm³/mol. The number of benzene rings is 1. The summed E-state index contributed by atoms with van der Waals surface area (Å²) < 4.78 is 19.4. The number of halogens is 1. The van der Waals surface area contributed by atoms with Crippen molar-refractivity contribution in [1.29, 1.82) is 0 Å². The maximum absolute atomic E-state index is 12.8. The van der Waals surface area contributed by atoms with E-state index in [2.05, 4.69) is 5.10 Å². The summed E-state index contributed by atoms with van der Waals surface area (Å²) in [5, 5.41) is 12.8. The molecule has 0 atom stereocenters. The van der Waals surface area contributed by atoms with E-state index in [4.69, 9.17) is 9.84 Å². The lowest BCUT2D eigenvalue weighted by Crippen LogP contribution is -2.04. The molecule has 1 N–H and O–H groups in total. The van der Waals surface area contributed by atoms with E-state index in [-0.39, 0.29) is 12.2 Å². The molecule has 0 aliphatic rings. The third-order valence-electron chi connectivity index (χ3n) is 2.40. The minimum absolute atomic E-state index is 0.176. The highest BCUT2D eigenvalue weighted by atomic mass is 19.1. The molecule has 1 aromatic carbocycles. The van der Waals surface area contributed by atoms with Crippen LogP contribution < -0.4 is 4.74 Å². The van der Waals surface area contributed by atoms with Crippen LogP contribution in [0.5, 0.6) is 5.88 Å². The van der Waals surface area contributed by atoms with Gasteiger partial charge in [-0.25, -0.2) is 9.07 Å². The van der Waals surface area contributed by atoms with E-state index in [9.17, 15) is 9.18 Å². The van der Waals surface area contributed by atoms with Gasteiger partial charge >= 0.3 is 5.97 Å². The van der Waals surface area contributed by atoms with E-state index in [1.165, 1.54) is 42.3 Å². The molecule has 0 aliphatic heterocycles. The maximum Gasteiger partial charge on any atom is 0.308 e. The van der Waals surface area contributed by atoms with E-state index in [0.717, 1.165) is 0 Å². The first-order chi connectivity index (χ1) is 8.61. The summed E-state index contributed by atoms with van der Waals surface area (Å²) >= 11 is 0. The number of hydrogen-bond donors (Lipinski definition) is 1. The molecule has 5 nitrogen and oxygen atoms in total. The lowest BCUT2D eigenvalue weighted by Gasteiger charge is -2.07. The first-order valence-electron chi connectivity index (χ1n) is 5.20. The third-order valence-corrected chi connectivity index (χ3v) is 2.40. The van der Waals surface area contributed by atoms with Gasteiger partial charge in [-0.05, 0) is 24.3 Å². The Balaban J connectivity index is 2.42. The number of carboxylic acids is 1. The Labute approximate surface area is 102 Å². The Bertz CT molecular complexity index is 563. The number of nitrogens with zero attached hydrogens (tertiary/aromatic N) is 2. The van der Waals surface area contributed by atoms with Crippen LogP contribution in [0.15, 0.2) is 30.5 Å². The smallest absolute Gasteiger partial charge is 0.308 e. The molecule has 18 heavy (non-hydrogen) atoms. The summed E-state index contributed by atoms with van der Waals surface area (Å²) in [5.74, 6) is -0.980. The topological polar surface area (TPSA) is 64.3 Å². The van der Waals surface area contributed by atoms with Gasteiger partial charge in [0.1, 0.15) is 5.82 Å². The minimum Gasteiger partial charge on any atom is -0.481 e. The van der Waals surface area contributed by atoms with Gasteiger partial charge in [-0.1, -0.05) is 0 Å². The lowest BCUT2D eigenvalue weighted by atomic mass is 10.2. The van der Waals surface area contributed by atoms with Gasteiger partial charge in [0.15, 0.2) is 0 Å². The van der Waals surface area contributed by atoms with Crippen LogP contribution in [0.4, 0.5) is 4.39 Å². The number of aromatic nitrogens is 2. The van der Waals surface area contributed by atoms with Crippen molar-refractivity contribution in [3.05, 3.63) is 41.8 Å². The fourth-order valence-electron chi connectivity index (χ4n) is 1.64. The quantitative estimate of drug-likeness (QED) is 0.896. The second-order valence-corrected chi connectivity index (χ2v) is 3.64. The molecule has 2 aromatic rings. The molecule has 0 bridgehead atoms. The van der Waals surface area contributed by atoms with Gasteiger partial charge in [-0.2, -0.15) is 5.10 Å². The fourth-order valence-corrected chi connectivity index (χ4v) is 1.64. The van der Waals surface area contributed by atoms with Gasteiger partial charge in [0, 0.05) is 5.56 Å². The molecule has 1 aromatic heterocycles. The van der Waals surface area contributed by atoms with Crippen molar-refractivity contribution >= 4 is 5.97 Å².